The van der Waals surface area contributed by atoms with Gasteiger partial charge in [0.1, 0.15) is 16.4 Å². The molecule has 4 rings (SSSR count). The Morgan fingerprint density at radius 2 is 1.94 bits per heavy atom. The molecule has 4 aromatic rings. The van der Waals surface area contributed by atoms with E-state index in [1.807, 2.05) is 4.57 Å². The topological polar surface area (TPSA) is 98.1 Å². The molecule has 0 radical (unpaired) electrons. The fraction of sp³-hybridized carbons (Fsp3) is 0.0909. The molecule has 12 heteroatoms. The summed E-state index contributed by atoms with van der Waals surface area (Å²) < 4.78 is 7.21. The van der Waals surface area contributed by atoms with Crippen molar-refractivity contribution in [2.75, 3.05) is 17.7 Å². The average molecular weight is 537 g/mol. The van der Waals surface area contributed by atoms with Crippen molar-refractivity contribution in [3.8, 4) is 5.75 Å². The predicted octanol–water partition coefficient (Wildman–Crippen LogP) is 5.86. The number of nitrogens with zero attached hydrogens (tertiary/aromatic N) is 3. The smallest absolute Gasteiger partial charge is 0.267 e. The van der Waals surface area contributed by atoms with Gasteiger partial charge in [0.15, 0.2) is 0 Å². The van der Waals surface area contributed by atoms with Crippen LogP contribution in [-0.4, -0.2) is 33.5 Å². The maximum atomic E-state index is 13.1. The number of thiophene rings is 1. The Hall–Kier alpha value is -3.11. The van der Waals surface area contributed by atoms with E-state index in [1.54, 1.807) is 36.2 Å². The normalized spacial score (nSPS) is 10.7. The number of benzene rings is 1. The van der Waals surface area contributed by atoms with Crippen LogP contribution in [0.15, 0.2) is 54.6 Å². The maximum absolute atomic E-state index is 13.1. The van der Waals surface area contributed by atoms with Crippen molar-refractivity contribution in [3.63, 3.8) is 0 Å². The zero-order valence-corrected chi connectivity index (χ0v) is 20.6. The van der Waals surface area contributed by atoms with Gasteiger partial charge in [-0.05, 0) is 23.6 Å². The van der Waals surface area contributed by atoms with Crippen LogP contribution in [-0.2, 0) is 6.54 Å². The van der Waals surface area contributed by atoms with E-state index in [-0.39, 0.29) is 27.8 Å². The molecule has 0 aliphatic carbocycles. The number of carbonyl (C=O) groups excluding carboxylic acids is 2. The number of pyridine rings is 1. The minimum Gasteiger partial charge on any atom is -0.494 e. The Morgan fingerprint density at radius 1 is 1.12 bits per heavy atom. The van der Waals surface area contributed by atoms with Gasteiger partial charge in [0.25, 0.3) is 11.8 Å². The van der Waals surface area contributed by atoms with Crippen molar-refractivity contribution in [1.29, 1.82) is 0 Å². The number of carbonyl (C=O) groups is 2. The molecule has 2 N–H and O–H groups in total. The Kier molecular flexibility index (Phi) is 7.38. The molecular formula is C22H16Cl3N5O3S. The first-order valence-electron chi connectivity index (χ1n) is 9.69. The summed E-state index contributed by atoms with van der Waals surface area (Å²) in [5.41, 5.74) is 0.995. The number of aromatic nitrogens is 3. The third-order valence-electron chi connectivity index (χ3n) is 4.66. The van der Waals surface area contributed by atoms with Crippen LogP contribution in [0, 0.1) is 0 Å². The van der Waals surface area contributed by atoms with Crippen LogP contribution in [0.25, 0.3) is 0 Å². The highest BCUT2D eigenvalue weighted by atomic mass is 35.5. The average Bonchev–Trinajstić information content (AvgIpc) is 3.46. The summed E-state index contributed by atoms with van der Waals surface area (Å²) in [5.74, 6) is -0.562. The lowest BCUT2D eigenvalue weighted by molar-refractivity contribution is 0.102. The van der Waals surface area contributed by atoms with Crippen molar-refractivity contribution < 1.29 is 14.3 Å². The van der Waals surface area contributed by atoms with Gasteiger partial charge in [-0.2, -0.15) is 0 Å². The number of methoxy groups -OCH3 is 1. The Balaban J connectivity index is 1.62. The van der Waals surface area contributed by atoms with E-state index in [2.05, 4.69) is 20.6 Å². The number of nitrogens with one attached hydrogen (secondary N) is 2. The van der Waals surface area contributed by atoms with Gasteiger partial charge >= 0.3 is 0 Å². The molecule has 0 fully saturated rings. The summed E-state index contributed by atoms with van der Waals surface area (Å²) in [5, 5.41) is 8.19. The van der Waals surface area contributed by atoms with E-state index in [9.17, 15) is 9.59 Å². The quantitative estimate of drug-likeness (QED) is 0.308. The summed E-state index contributed by atoms with van der Waals surface area (Å²) in [6.45, 7) is 0.467. The molecule has 0 unspecified atom stereocenters. The van der Waals surface area contributed by atoms with Crippen LogP contribution < -0.4 is 15.4 Å². The molecule has 2 amide bonds. The molecule has 1 aromatic carbocycles. The summed E-state index contributed by atoms with van der Waals surface area (Å²) in [7, 11) is 1.41. The van der Waals surface area contributed by atoms with Gasteiger partial charge in [0.2, 0.25) is 0 Å². The third-order valence-corrected chi connectivity index (χ3v) is 6.67. The summed E-state index contributed by atoms with van der Waals surface area (Å²) in [6, 6.07) is 6.06. The molecule has 0 bridgehead atoms. The number of imidazole rings is 1. The molecule has 34 heavy (non-hydrogen) atoms. The van der Waals surface area contributed by atoms with Crippen molar-refractivity contribution in [3.05, 3.63) is 85.6 Å². The summed E-state index contributed by atoms with van der Waals surface area (Å²) >= 11 is 19.7. The predicted molar refractivity (Wildman–Crippen MR) is 134 cm³/mol. The van der Waals surface area contributed by atoms with Crippen molar-refractivity contribution >= 4 is 69.5 Å². The molecule has 3 heterocycles. The Morgan fingerprint density at radius 3 is 2.62 bits per heavy atom. The van der Waals surface area contributed by atoms with Crippen LogP contribution in [0.1, 0.15) is 25.6 Å². The first kappa shape index (κ1) is 24.0. The number of amides is 2. The highest BCUT2D eigenvalue weighted by molar-refractivity contribution is 7.13. The van der Waals surface area contributed by atoms with Crippen molar-refractivity contribution in [2.24, 2.45) is 0 Å². The largest absolute Gasteiger partial charge is 0.494 e. The molecule has 0 aliphatic rings. The number of anilines is 2. The van der Waals surface area contributed by atoms with Gasteiger partial charge in [-0.25, -0.2) is 9.97 Å². The molecule has 0 aliphatic heterocycles. The molecular weight excluding hydrogens is 521 g/mol. The van der Waals surface area contributed by atoms with Gasteiger partial charge in [0.05, 0.1) is 41.3 Å². The Bertz CT molecular complexity index is 1340. The monoisotopic (exact) mass is 535 g/mol. The lowest BCUT2D eigenvalue weighted by Gasteiger charge is -2.15. The molecule has 8 nitrogen and oxygen atoms in total. The fourth-order valence-electron chi connectivity index (χ4n) is 3.07. The van der Waals surface area contributed by atoms with Crippen molar-refractivity contribution in [2.45, 2.75) is 6.54 Å². The number of hydrogen-bond acceptors (Lipinski definition) is 6. The first-order chi connectivity index (χ1) is 16.4. The molecule has 3 aromatic heterocycles. The van der Waals surface area contributed by atoms with Gasteiger partial charge < -0.3 is 19.9 Å². The molecule has 0 atom stereocenters. The second-order valence-electron chi connectivity index (χ2n) is 6.94. The molecule has 0 saturated heterocycles. The lowest BCUT2D eigenvalue weighted by atomic mass is 10.1. The van der Waals surface area contributed by atoms with Gasteiger partial charge in [-0.15, -0.1) is 11.3 Å². The van der Waals surface area contributed by atoms with Crippen LogP contribution in [0.4, 0.5) is 11.5 Å². The second-order valence-corrected chi connectivity index (χ2v) is 9.07. The van der Waals surface area contributed by atoms with E-state index in [4.69, 9.17) is 39.5 Å². The number of hydrogen-bond donors (Lipinski definition) is 2. The zero-order valence-electron chi connectivity index (χ0n) is 17.5. The number of rotatable bonds is 7. The van der Waals surface area contributed by atoms with Crippen LogP contribution in [0.5, 0.6) is 5.75 Å². The highest BCUT2D eigenvalue weighted by Crippen LogP contribution is 2.35. The first-order valence-corrected chi connectivity index (χ1v) is 11.7. The zero-order chi connectivity index (χ0) is 24.2. The summed E-state index contributed by atoms with van der Waals surface area (Å²) in [6.07, 6.45) is 6.52. The van der Waals surface area contributed by atoms with E-state index in [0.29, 0.717) is 21.5 Å². The van der Waals surface area contributed by atoms with E-state index in [0.717, 1.165) is 5.56 Å². The van der Waals surface area contributed by atoms with E-state index in [1.165, 1.54) is 36.8 Å². The van der Waals surface area contributed by atoms with Crippen LogP contribution in [0.2, 0.25) is 15.1 Å². The lowest BCUT2D eigenvalue weighted by Crippen LogP contribution is -2.19. The number of ether oxygens (including phenoxy) is 1. The highest BCUT2D eigenvalue weighted by Gasteiger charge is 2.23. The van der Waals surface area contributed by atoms with Crippen LogP contribution in [0.3, 0.4) is 0 Å². The van der Waals surface area contributed by atoms with Crippen molar-refractivity contribution in [1.82, 2.24) is 14.5 Å². The Labute approximate surface area is 213 Å². The molecule has 174 valence electrons. The third kappa shape index (κ3) is 5.34. The van der Waals surface area contributed by atoms with Gasteiger partial charge in [0, 0.05) is 35.2 Å². The van der Waals surface area contributed by atoms with Crippen LogP contribution >= 0.6 is 46.1 Å². The fourth-order valence-corrected chi connectivity index (χ4v) is 4.63. The summed E-state index contributed by atoms with van der Waals surface area (Å²) in [4.78, 5) is 34.5. The standard InChI is InChI=1S/C22H16Cl3N5O3S/c1-33-16-7-14(24)6-15(21(31)28-17-3-2-13(23)8-27-17)19(16)29-22(32)20-18(25)12(10-34-20)9-30-5-4-26-11-30/h2-8,10-11H,9H2,1H3,(H,29,32)(H,27,28,31). The molecule has 0 saturated carbocycles. The van der Waals surface area contributed by atoms with E-state index >= 15 is 0 Å². The van der Waals surface area contributed by atoms with E-state index < -0.39 is 11.8 Å². The van der Waals surface area contributed by atoms with Gasteiger partial charge in [-0.1, -0.05) is 34.8 Å². The second kappa shape index (κ2) is 10.4. The minimum atomic E-state index is -0.552. The molecule has 0 spiro atoms. The minimum absolute atomic E-state index is 0.0840. The maximum Gasteiger partial charge on any atom is 0.267 e. The SMILES string of the molecule is COc1cc(Cl)cc(C(=O)Nc2ccc(Cl)cn2)c1NC(=O)c1scc(Cn2ccnc2)c1Cl. The van der Waals surface area contributed by atoms with Gasteiger partial charge in [-0.3, -0.25) is 9.59 Å². The number of halogens is 3.